The normalized spacial score (nSPS) is 20.2. The molecule has 1 amide bonds. The molecule has 5 heteroatoms. The Kier molecular flexibility index (Phi) is 5.30. The van der Waals surface area contributed by atoms with Crippen molar-refractivity contribution in [2.45, 2.75) is 44.8 Å². The van der Waals surface area contributed by atoms with E-state index in [0.29, 0.717) is 22.0 Å². The predicted octanol–water partition coefficient (Wildman–Crippen LogP) is 3.30. The second-order valence-corrected chi connectivity index (χ2v) is 6.16. The van der Waals surface area contributed by atoms with Crippen LogP contribution in [0.5, 0.6) is 0 Å². The summed E-state index contributed by atoms with van der Waals surface area (Å²) in [4.78, 5) is 14.3. The van der Waals surface area contributed by atoms with Gasteiger partial charge >= 0.3 is 0 Å². The number of halogens is 2. The van der Waals surface area contributed by atoms with Crippen LogP contribution in [0.3, 0.4) is 0 Å². The summed E-state index contributed by atoms with van der Waals surface area (Å²) in [5.41, 5.74) is 0.684. The maximum absolute atomic E-state index is 12.4. The van der Waals surface area contributed by atoms with Crippen molar-refractivity contribution in [1.82, 2.24) is 4.90 Å². The quantitative estimate of drug-likeness (QED) is 0.926. The number of hydrogen-bond donors (Lipinski definition) is 1. The van der Waals surface area contributed by atoms with Crippen LogP contribution in [-0.2, 0) is 11.2 Å². The van der Waals surface area contributed by atoms with Gasteiger partial charge in [0.2, 0.25) is 5.91 Å². The molecule has 0 aliphatic carbocycles. The molecule has 1 aromatic rings. The molecule has 1 aromatic carbocycles. The zero-order valence-electron chi connectivity index (χ0n) is 11.5. The van der Waals surface area contributed by atoms with E-state index in [0.717, 1.165) is 19.4 Å². The number of amides is 1. The Balaban J connectivity index is 2.08. The smallest absolute Gasteiger partial charge is 0.227 e. The Morgan fingerprint density at radius 3 is 2.70 bits per heavy atom. The number of carbonyl (C=O) groups excluding carboxylic acids is 1. The lowest BCUT2D eigenvalue weighted by molar-refractivity contribution is -0.131. The van der Waals surface area contributed by atoms with E-state index in [1.165, 1.54) is 0 Å². The fraction of sp³-hybridized carbons (Fsp3) is 0.533. The van der Waals surface area contributed by atoms with Crippen molar-refractivity contribution < 1.29 is 9.90 Å². The third kappa shape index (κ3) is 3.66. The number of likely N-dealkylation sites (tertiary alicyclic amines) is 1. The number of carbonyl (C=O) groups is 1. The minimum atomic E-state index is -0.391. The molecule has 1 saturated heterocycles. The molecule has 1 heterocycles. The maximum Gasteiger partial charge on any atom is 0.227 e. The maximum atomic E-state index is 12.4. The third-order valence-corrected chi connectivity index (χ3v) is 4.41. The van der Waals surface area contributed by atoms with Crippen LogP contribution < -0.4 is 0 Å². The van der Waals surface area contributed by atoms with Crippen LogP contribution in [0, 0.1) is 0 Å². The first kappa shape index (κ1) is 15.6. The van der Waals surface area contributed by atoms with Gasteiger partial charge in [0.25, 0.3) is 0 Å². The van der Waals surface area contributed by atoms with Crippen molar-refractivity contribution >= 4 is 29.1 Å². The van der Waals surface area contributed by atoms with Gasteiger partial charge in [-0.25, -0.2) is 0 Å². The predicted molar refractivity (Wildman–Crippen MR) is 81.2 cm³/mol. The monoisotopic (exact) mass is 315 g/mol. The zero-order valence-corrected chi connectivity index (χ0v) is 13.0. The van der Waals surface area contributed by atoms with Gasteiger partial charge in [-0.1, -0.05) is 29.3 Å². The minimum absolute atomic E-state index is 0.0307. The molecule has 0 aromatic heterocycles. The average Bonchev–Trinajstić information content (AvgIpc) is 2.81. The highest BCUT2D eigenvalue weighted by molar-refractivity contribution is 6.36. The van der Waals surface area contributed by atoms with Gasteiger partial charge in [0.05, 0.1) is 12.5 Å². The Morgan fingerprint density at radius 1 is 1.45 bits per heavy atom. The summed E-state index contributed by atoms with van der Waals surface area (Å²) in [7, 11) is 0. The fourth-order valence-corrected chi connectivity index (χ4v) is 3.29. The third-order valence-electron chi connectivity index (χ3n) is 3.70. The molecule has 2 rings (SSSR count). The SMILES string of the molecule is CC(O)CC1CCCN1C(=O)Cc1c(Cl)cccc1Cl. The number of nitrogens with zero attached hydrogens (tertiary/aromatic N) is 1. The molecule has 0 bridgehead atoms. The van der Waals surface area contributed by atoms with E-state index < -0.39 is 6.10 Å². The molecule has 0 spiro atoms. The molecule has 1 fully saturated rings. The summed E-state index contributed by atoms with van der Waals surface area (Å²) in [6, 6.07) is 5.38. The van der Waals surface area contributed by atoms with Crippen molar-refractivity contribution in [3.8, 4) is 0 Å². The fourth-order valence-electron chi connectivity index (χ4n) is 2.76. The van der Waals surface area contributed by atoms with Gasteiger partial charge in [0, 0.05) is 22.6 Å². The lowest BCUT2D eigenvalue weighted by Crippen LogP contribution is -2.38. The molecule has 1 aliphatic rings. The molecular formula is C15H19Cl2NO2. The highest BCUT2D eigenvalue weighted by Crippen LogP contribution is 2.27. The second kappa shape index (κ2) is 6.79. The molecule has 3 nitrogen and oxygen atoms in total. The summed E-state index contributed by atoms with van der Waals surface area (Å²) in [6.45, 7) is 2.50. The number of hydrogen-bond acceptors (Lipinski definition) is 2. The molecule has 0 radical (unpaired) electrons. The summed E-state index contributed by atoms with van der Waals surface area (Å²) in [6.07, 6.45) is 2.39. The number of benzene rings is 1. The standard InChI is InChI=1S/C15H19Cl2NO2/c1-10(19)8-11-4-3-7-18(11)15(20)9-12-13(16)5-2-6-14(12)17/h2,5-6,10-11,19H,3-4,7-9H2,1H3. The first-order chi connectivity index (χ1) is 9.49. The molecule has 2 atom stereocenters. The summed E-state index contributed by atoms with van der Waals surface area (Å²) in [5, 5.41) is 10.6. The van der Waals surface area contributed by atoms with Gasteiger partial charge in [0.15, 0.2) is 0 Å². The highest BCUT2D eigenvalue weighted by atomic mass is 35.5. The minimum Gasteiger partial charge on any atom is -0.393 e. The molecule has 110 valence electrons. The van der Waals surface area contributed by atoms with E-state index in [1.807, 2.05) is 4.90 Å². The first-order valence-electron chi connectivity index (χ1n) is 6.89. The van der Waals surface area contributed by atoms with Crippen LogP contribution in [0.25, 0.3) is 0 Å². The topological polar surface area (TPSA) is 40.5 Å². The Hall–Kier alpha value is -0.770. The van der Waals surface area contributed by atoms with Crippen molar-refractivity contribution in [3.05, 3.63) is 33.8 Å². The molecule has 1 aliphatic heterocycles. The van der Waals surface area contributed by atoms with Crippen molar-refractivity contribution in [2.75, 3.05) is 6.54 Å². The van der Waals surface area contributed by atoms with Gasteiger partial charge < -0.3 is 10.0 Å². The van der Waals surface area contributed by atoms with Gasteiger partial charge in [-0.15, -0.1) is 0 Å². The van der Waals surface area contributed by atoms with Crippen molar-refractivity contribution in [3.63, 3.8) is 0 Å². The van der Waals surface area contributed by atoms with Crippen LogP contribution in [0.4, 0.5) is 0 Å². The molecule has 2 unspecified atom stereocenters. The number of rotatable bonds is 4. The molecule has 0 saturated carbocycles. The van der Waals surface area contributed by atoms with E-state index in [9.17, 15) is 9.90 Å². The highest BCUT2D eigenvalue weighted by Gasteiger charge is 2.29. The average molecular weight is 316 g/mol. The van der Waals surface area contributed by atoms with Gasteiger partial charge in [-0.05, 0) is 43.9 Å². The molecular weight excluding hydrogens is 297 g/mol. The molecule has 1 N–H and O–H groups in total. The van der Waals surface area contributed by atoms with E-state index >= 15 is 0 Å². The van der Waals surface area contributed by atoms with Crippen molar-refractivity contribution in [2.24, 2.45) is 0 Å². The van der Waals surface area contributed by atoms with E-state index in [2.05, 4.69) is 0 Å². The van der Waals surface area contributed by atoms with E-state index in [1.54, 1.807) is 25.1 Å². The van der Waals surface area contributed by atoms with Crippen LogP contribution in [0.2, 0.25) is 10.0 Å². The van der Waals surface area contributed by atoms with Crippen LogP contribution in [-0.4, -0.2) is 34.6 Å². The Morgan fingerprint density at radius 2 is 2.10 bits per heavy atom. The summed E-state index contributed by atoms with van der Waals surface area (Å²) < 4.78 is 0. The zero-order chi connectivity index (χ0) is 14.7. The van der Waals surface area contributed by atoms with Crippen LogP contribution in [0.15, 0.2) is 18.2 Å². The number of aliphatic hydroxyl groups is 1. The van der Waals surface area contributed by atoms with Crippen molar-refractivity contribution in [1.29, 1.82) is 0 Å². The summed E-state index contributed by atoms with van der Waals surface area (Å²) in [5.74, 6) is 0.0307. The summed E-state index contributed by atoms with van der Waals surface area (Å²) >= 11 is 12.2. The molecule has 20 heavy (non-hydrogen) atoms. The van der Waals surface area contributed by atoms with E-state index in [-0.39, 0.29) is 18.4 Å². The number of aliphatic hydroxyl groups excluding tert-OH is 1. The lowest BCUT2D eigenvalue weighted by atomic mass is 10.1. The Labute approximate surface area is 129 Å². The van der Waals surface area contributed by atoms with Crippen LogP contribution >= 0.6 is 23.2 Å². The van der Waals surface area contributed by atoms with Gasteiger partial charge in [0.1, 0.15) is 0 Å². The second-order valence-electron chi connectivity index (χ2n) is 5.34. The lowest BCUT2D eigenvalue weighted by Gasteiger charge is -2.26. The van der Waals surface area contributed by atoms with Gasteiger partial charge in [-0.3, -0.25) is 4.79 Å². The van der Waals surface area contributed by atoms with Gasteiger partial charge in [-0.2, -0.15) is 0 Å². The largest absolute Gasteiger partial charge is 0.393 e. The first-order valence-corrected chi connectivity index (χ1v) is 7.65. The van der Waals surface area contributed by atoms with E-state index in [4.69, 9.17) is 23.2 Å². The van der Waals surface area contributed by atoms with Crippen LogP contribution in [0.1, 0.15) is 31.7 Å². The Bertz CT molecular complexity index is 471.